The van der Waals surface area contributed by atoms with Crippen LogP contribution in [0.2, 0.25) is 0 Å². The molecule has 0 saturated heterocycles. The van der Waals surface area contributed by atoms with Crippen LogP contribution in [0, 0.1) is 53.3 Å². The molecule has 3 aliphatic carbocycles. The van der Waals surface area contributed by atoms with Gasteiger partial charge in [-0.2, -0.15) is 0 Å². The van der Waals surface area contributed by atoms with Crippen LogP contribution in [0.1, 0.15) is 93.9 Å². The van der Waals surface area contributed by atoms with Gasteiger partial charge in [-0.1, -0.05) is 66.9 Å². The van der Waals surface area contributed by atoms with Crippen LogP contribution < -0.4 is 0 Å². The monoisotopic (exact) mass is 488 g/mol. The molecule has 2 saturated carbocycles. The van der Waals surface area contributed by atoms with E-state index in [1.807, 2.05) is 13.8 Å². The lowest BCUT2D eigenvalue weighted by Crippen LogP contribution is -2.46. The lowest BCUT2D eigenvalue weighted by atomic mass is 9.71. The van der Waals surface area contributed by atoms with Crippen molar-refractivity contribution in [3.8, 4) is 0 Å². The molecule has 0 aromatic heterocycles. The first-order valence-corrected chi connectivity index (χ1v) is 14.0. The van der Waals surface area contributed by atoms with Gasteiger partial charge in [-0.3, -0.25) is 14.4 Å². The fraction of sp³-hybridized carbons (Fsp3) is 0.833. The van der Waals surface area contributed by atoms with E-state index in [9.17, 15) is 14.4 Å². The Hall–Kier alpha value is -1.65. The number of hydrogen-bond acceptors (Lipinski definition) is 5. The molecule has 5 heteroatoms. The normalized spacial score (nSPS) is 38.3. The third-order valence-corrected chi connectivity index (χ3v) is 9.18. The second-order valence-corrected chi connectivity index (χ2v) is 12.7. The molecule has 9 unspecified atom stereocenters. The molecule has 0 aromatic rings. The van der Waals surface area contributed by atoms with Crippen molar-refractivity contribution < 1.29 is 23.9 Å². The molecular weight excluding hydrogens is 440 g/mol. The molecule has 0 bridgehead atoms. The number of esters is 2. The predicted octanol–water partition coefficient (Wildman–Crippen LogP) is 6.39. The van der Waals surface area contributed by atoms with E-state index in [2.05, 4.69) is 41.5 Å². The minimum Gasteiger partial charge on any atom is -0.462 e. The Kier molecular flexibility index (Phi) is 9.26. The zero-order valence-corrected chi connectivity index (χ0v) is 23.2. The molecule has 5 nitrogen and oxygen atoms in total. The van der Waals surface area contributed by atoms with Crippen molar-refractivity contribution in [1.29, 1.82) is 0 Å². The summed E-state index contributed by atoms with van der Waals surface area (Å²) in [7, 11) is 0. The molecule has 0 amide bonds. The maximum atomic E-state index is 13.5. The summed E-state index contributed by atoms with van der Waals surface area (Å²) in [6.07, 6.45) is 7.32. The van der Waals surface area contributed by atoms with Gasteiger partial charge in [0.25, 0.3) is 0 Å². The van der Waals surface area contributed by atoms with Gasteiger partial charge in [-0.15, -0.1) is 0 Å². The Morgan fingerprint density at radius 1 is 0.771 bits per heavy atom. The summed E-state index contributed by atoms with van der Waals surface area (Å²) in [5.41, 5.74) is 0.688. The van der Waals surface area contributed by atoms with Crippen LogP contribution in [0.5, 0.6) is 0 Å². The minimum absolute atomic E-state index is 0.107. The molecule has 0 N–H and O–H groups in total. The summed E-state index contributed by atoms with van der Waals surface area (Å²) in [4.78, 5) is 39.9. The van der Waals surface area contributed by atoms with Crippen LogP contribution in [0.4, 0.5) is 0 Å². The Morgan fingerprint density at radius 2 is 1.20 bits per heavy atom. The molecule has 0 aliphatic heterocycles. The van der Waals surface area contributed by atoms with Gasteiger partial charge in [0, 0.05) is 0 Å². The highest BCUT2D eigenvalue weighted by molar-refractivity contribution is 6.07. The van der Waals surface area contributed by atoms with Crippen molar-refractivity contribution in [2.45, 2.75) is 106 Å². The number of ketones is 1. The van der Waals surface area contributed by atoms with E-state index >= 15 is 0 Å². The Balaban J connectivity index is 1.75. The van der Waals surface area contributed by atoms with Crippen molar-refractivity contribution in [2.24, 2.45) is 53.3 Å². The van der Waals surface area contributed by atoms with Gasteiger partial charge < -0.3 is 9.47 Å². The van der Waals surface area contributed by atoms with E-state index in [1.165, 1.54) is 6.08 Å². The first kappa shape index (κ1) is 27.9. The molecule has 9 atom stereocenters. The highest BCUT2D eigenvalue weighted by Crippen LogP contribution is 2.40. The van der Waals surface area contributed by atoms with Crippen LogP contribution in [0.25, 0.3) is 0 Å². The second-order valence-electron chi connectivity index (χ2n) is 12.7. The van der Waals surface area contributed by atoms with Gasteiger partial charge in [-0.05, 0) is 80.1 Å². The highest BCUT2D eigenvalue weighted by atomic mass is 16.5. The topological polar surface area (TPSA) is 69.7 Å². The fourth-order valence-electron chi connectivity index (χ4n) is 6.95. The van der Waals surface area contributed by atoms with Crippen LogP contribution in [0.3, 0.4) is 0 Å². The van der Waals surface area contributed by atoms with Crippen molar-refractivity contribution in [1.82, 2.24) is 0 Å². The quantitative estimate of drug-likeness (QED) is 0.320. The van der Waals surface area contributed by atoms with Gasteiger partial charge in [0.2, 0.25) is 0 Å². The summed E-state index contributed by atoms with van der Waals surface area (Å²) in [5, 5.41) is 0. The molecular formula is C30H48O5. The number of rotatable bonds is 6. The Labute approximate surface area is 212 Å². The number of carbonyl (C=O) groups is 3. The van der Waals surface area contributed by atoms with E-state index < -0.39 is 23.7 Å². The molecule has 198 valence electrons. The Morgan fingerprint density at radius 3 is 1.63 bits per heavy atom. The fourth-order valence-corrected chi connectivity index (χ4v) is 6.95. The third kappa shape index (κ3) is 6.38. The molecule has 35 heavy (non-hydrogen) atoms. The molecule has 3 rings (SSSR count). The molecule has 3 aliphatic rings. The largest absolute Gasteiger partial charge is 0.462 e. The first-order valence-electron chi connectivity index (χ1n) is 14.0. The first-order chi connectivity index (χ1) is 16.4. The number of ether oxygens (including phenoxy) is 2. The molecule has 0 aromatic carbocycles. The summed E-state index contributed by atoms with van der Waals surface area (Å²) < 4.78 is 12.2. The van der Waals surface area contributed by atoms with Crippen LogP contribution in [-0.2, 0) is 23.9 Å². The summed E-state index contributed by atoms with van der Waals surface area (Å²) in [6.45, 7) is 16.8. The maximum Gasteiger partial charge on any atom is 0.317 e. The lowest BCUT2D eigenvalue weighted by Gasteiger charge is -2.40. The van der Waals surface area contributed by atoms with Crippen molar-refractivity contribution >= 4 is 17.7 Å². The van der Waals surface area contributed by atoms with Crippen LogP contribution in [-0.4, -0.2) is 29.9 Å². The molecule has 0 heterocycles. The molecule has 0 radical (unpaired) electrons. The van der Waals surface area contributed by atoms with Crippen molar-refractivity contribution in [3.05, 3.63) is 11.6 Å². The van der Waals surface area contributed by atoms with E-state index in [1.54, 1.807) is 0 Å². The third-order valence-electron chi connectivity index (χ3n) is 9.18. The van der Waals surface area contributed by atoms with E-state index in [0.717, 1.165) is 38.5 Å². The minimum atomic E-state index is -0.951. The van der Waals surface area contributed by atoms with E-state index in [-0.39, 0.29) is 24.0 Å². The van der Waals surface area contributed by atoms with Gasteiger partial charge in [0.15, 0.2) is 5.78 Å². The SMILES string of the molecule is CC1=CC(=O)C(C(=O)OC2CC(C)CCC2C(C)C)C(C)C1C(=O)OC1CC(C)CCC1C(C)C. The maximum absolute atomic E-state index is 13.5. The smallest absolute Gasteiger partial charge is 0.317 e. The zero-order chi connectivity index (χ0) is 26.0. The van der Waals surface area contributed by atoms with E-state index in [0.29, 0.717) is 41.1 Å². The van der Waals surface area contributed by atoms with Gasteiger partial charge in [0.1, 0.15) is 18.1 Å². The standard InChI is InChI=1S/C30H48O5/c1-16(2)22-11-9-18(5)13-25(22)34-29(32)27-20(7)15-24(31)28(21(27)8)30(33)35-26-14-19(6)10-12-23(26)17(3)4/h15-19,21-23,25-28H,9-14H2,1-8H3. The second kappa shape index (κ2) is 11.6. The van der Waals surface area contributed by atoms with E-state index in [4.69, 9.17) is 9.47 Å². The van der Waals surface area contributed by atoms with Crippen molar-refractivity contribution in [3.63, 3.8) is 0 Å². The van der Waals surface area contributed by atoms with Gasteiger partial charge >= 0.3 is 11.9 Å². The average molecular weight is 489 g/mol. The average Bonchev–Trinajstić information content (AvgIpc) is 2.72. The van der Waals surface area contributed by atoms with Crippen molar-refractivity contribution in [2.75, 3.05) is 0 Å². The summed E-state index contributed by atoms with van der Waals surface area (Å²) >= 11 is 0. The zero-order valence-electron chi connectivity index (χ0n) is 23.2. The highest BCUT2D eigenvalue weighted by Gasteiger charge is 2.47. The lowest BCUT2D eigenvalue weighted by molar-refractivity contribution is -0.169. The van der Waals surface area contributed by atoms with Gasteiger partial charge in [0.05, 0.1) is 5.92 Å². The summed E-state index contributed by atoms with van der Waals surface area (Å²) in [6, 6.07) is 0. The number of hydrogen-bond donors (Lipinski definition) is 0. The van der Waals surface area contributed by atoms with Gasteiger partial charge in [-0.25, -0.2) is 0 Å². The number of allylic oxidation sites excluding steroid dienone is 1. The molecule has 0 spiro atoms. The number of carbonyl (C=O) groups excluding carboxylic acids is 3. The predicted molar refractivity (Wildman–Crippen MR) is 137 cm³/mol. The summed E-state index contributed by atoms with van der Waals surface area (Å²) in [5.74, 6) is -0.511. The Bertz CT molecular complexity index is 812. The van der Waals surface area contributed by atoms with Crippen LogP contribution in [0.15, 0.2) is 11.6 Å². The van der Waals surface area contributed by atoms with Crippen LogP contribution >= 0.6 is 0 Å². The molecule has 2 fully saturated rings.